The van der Waals surface area contributed by atoms with Crippen molar-refractivity contribution in [2.45, 2.75) is 14.9 Å². The molecule has 118 valence electrons. The normalized spacial score (nSPS) is 15.0. The summed E-state index contributed by atoms with van der Waals surface area (Å²) in [4.78, 5) is 15.2. The van der Waals surface area contributed by atoms with E-state index in [0.717, 1.165) is 24.9 Å². The molecule has 0 unspecified atom stereocenters. The molecule has 0 N–H and O–H groups in total. The maximum atomic E-state index is 12.4. The van der Waals surface area contributed by atoms with Crippen molar-refractivity contribution >= 4 is 51.3 Å². The first-order chi connectivity index (χ1) is 11.7. The van der Waals surface area contributed by atoms with Crippen LogP contribution in [0.3, 0.4) is 0 Å². The van der Waals surface area contributed by atoms with E-state index in [2.05, 4.69) is 15.9 Å². The van der Waals surface area contributed by atoms with Crippen molar-refractivity contribution in [2.75, 3.05) is 0 Å². The van der Waals surface area contributed by atoms with Crippen molar-refractivity contribution in [1.29, 1.82) is 0 Å². The number of halogens is 1. The van der Waals surface area contributed by atoms with Gasteiger partial charge in [0.05, 0.1) is 9.38 Å². The van der Waals surface area contributed by atoms with E-state index in [4.69, 9.17) is 4.42 Å². The van der Waals surface area contributed by atoms with E-state index in [-0.39, 0.29) is 5.78 Å². The third-order valence-corrected chi connectivity index (χ3v) is 6.42. The minimum atomic E-state index is 0.0559. The third-order valence-electron chi connectivity index (χ3n) is 3.48. The number of carbonyl (C=O) groups excluding carboxylic acids is 1. The number of allylic oxidation sites excluding steroid dienone is 1. The molecule has 0 atom stereocenters. The van der Waals surface area contributed by atoms with Gasteiger partial charge < -0.3 is 4.42 Å². The zero-order valence-electron chi connectivity index (χ0n) is 12.4. The molecule has 2 nitrogen and oxygen atoms in total. The van der Waals surface area contributed by atoms with Crippen molar-refractivity contribution in [2.24, 2.45) is 0 Å². The van der Waals surface area contributed by atoms with Crippen molar-refractivity contribution in [3.05, 3.63) is 81.4 Å². The molecule has 24 heavy (non-hydrogen) atoms. The van der Waals surface area contributed by atoms with Crippen LogP contribution < -0.4 is 0 Å². The van der Waals surface area contributed by atoms with Gasteiger partial charge in [0, 0.05) is 15.4 Å². The summed E-state index contributed by atoms with van der Waals surface area (Å²) in [5, 5.41) is 0.779. The first-order valence-corrected chi connectivity index (χ1v) is 9.69. The van der Waals surface area contributed by atoms with Crippen LogP contribution in [0.15, 0.2) is 89.3 Å². The molecule has 0 saturated carbocycles. The molecule has 1 aliphatic heterocycles. The van der Waals surface area contributed by atoms with Gasteiger partial charge in [-0.25, -0.2) is 0 Å². The lowest BCUT2D eigenvalue weighted by Gasteiger charge is -1.97. The second kappa shape index (κ2) is 6.67. The second-order valence-corrected chi connectivity index (χ2v) is 8.12. The predicted molar refractivity (Wildman–Crippen MR) is 102 cm³/mol. The average Bonchev–Trinajstić information content (AvgIpc) is 3.10. The number of fused-ring (bicyclic) bond motifs is 1. The lowest BCUT2D eigenvalue weighted by atomic mass is 10.1. The van der Waals surface area contributed by atoms with Crippen molar-refractivity contribution in [3.8, 4) is 0 Å². The highest BCUT2D eigenvalue weighted by Gasteiger charge is 2.25. The van der Waals surface area contributed by atoms with Gasteiger partial charge in [-0.1, -0.05) is 53.9 Å². The smallest absolute Gasteiger partial charge is 0.200 e. The molecule has 2 heterocycles. The van der Waals surface area contributed by atoms with E-state index in [1.165, 1.54) is 11.8 Å². The number of hydrogen-bond donors (Lipinski definition) is 0. The Kier molecular flexibility index (Phi) is 4.39. The lowest BCUT2D eigenvalue weighted by molar-refractivity contribution is 0.104. The number of hydrogen-bond acceptors (Lipinski definition) is 4. The first-order valence-electron chi connectivity index (χ1n) is 7.26. The molecule has 2 aromatic carbocycles. The van der Waals surface area contributed by atoms with Crippen molar-refractivity contribution in [3.63, 3.8) is 0 Å². The number of ketones is 1. The fourth-order valence-corrected chi connectivity index (χ4v) is 4.75. The number of furan rings is 1. The SMILES string of the molecule is O=C1/C(=C\c2cc(Br)c(Sc3ccccc3)o2)Sc2ccccc21. The van der Waals surface area contributed by atoms with Crippen LogP contribution in [0.5, 0.6) is 0 Å². The number of rotatable bonds is 3. The second-order valence-electron chi connectivity index (χ2n) is 5.14. The summed E-state index contributed by atoms with van der Waals surface area (Å²) in [5.74, 6) is 0.726. The Bertz CT molecular complexity index is 945. The van der Waals surface area contributed by atoms with Gasteiger partial charge in [-0.05, 0) is 52.3 Å². The van der Waals surface area contributed by atoms with Gasteiger partial charge >= 0.3 is 0 Å². The summed E-state index contributed by atoms with van der Waals surface area (Å²) in [6.07, 6.45) is 1.81. The topological polar surface area (TPSA) is 30.2 Å². The highest BCUT2D eigenvalue weighted by molar-refractivity contribution is 9.10. The minimum absolute atomic E-state index is 0.0559. The molecule has 0 bridgehead atoms. The van der Waals surface area contributed by atoms with E-state index >= 15 is 0 Å². The maximum Gasteiger partial charge on any atom is 0.200 e. The molecule has 5 heteroatoms. The van der Waals surface area contributed by atoms with Gasteiger partial charge in [-0.3, -0.25) is 4.79 Å². The Morgan fingerprint density at radius 2 is 1.79 bits per heavy atom. The molecule has 4 rings (SSSR count). The number of Topliss-reactive ketones (excluding diaryl/α,β-unsaturated/α-hetero) is 1. The van der Waals surface area contributed by atoms with Crippen LogP contribution in [0.25, 0.3) is 6.08 Å². The quantitative estimate of drug-likeness (QED) is 0.456. The summed E-state index contributed by atoms with van der Waals surface area (Å²) >= 11 is 6.57. The molecule has 0 fully saturated rings. The molecular weight excluding hydrogens is 404 g/mol. The largest absolute Gasteiger partial charge is 0.449 e. The lowest BCUT2D eigenvalue weighted by Crippen LogP contribution is -1.93. The van der Waals surface area contributed by atoms with Crippen molar-refractivity contribution in [1.82, 2.24) is 0 Å². The minimum Gasteiger partial charge on any atom is -0.449 e. The number of benzene rings is 2. The molecule has 3 aromatic rings. The van der Waals surface area contributed by atoms with Crippen LogP contribution >= 0.6 is 39.5 Å². The fourth-order valence-electron chi connectivity index (χ4n) is 2.37. The Hall–Kier alpha value is -1.69. The number of thioether (sulfide) groups is 1. The Balaban J connectivity index is 1.60. The van der Waals surface area contributed by atoms with Gasteiger partial charge in [0.25, 0.3) is 0 Å². The molecule has 0 spiro atoms. The van der Waals surface area contributed by atoms with E-state index in [0.29, 0.717) is 10.7 Å². The highest BCUT2D eigenvalue weighted by atomic mass is 79.9. The van der Waals surface area contributed by atoms with Crippen LogP contribution in [-0.2, 0) is 0 Å². The zero-order valence-corrected chi connectivity index (χ0v) is 15.6. The Labute approximate surface area is 156 Å². The number of carbonyl (C=O) groups is 1. The van der Waals surface area contributed by atoms with Crippen molar-refractivity contribution < 1.29 is 9.21 Å². The van der Waals surface area contributed by atoms with Gasteiger partial charge in [0.2, 0.25) is 5.78 Å². The molecule has 0 saturated heterocycles. The molecule has 1 aliphatic rings. The molecule has 0 aliphatic carbocycles. The van der Waals surface area contributed by atoms with Crippen LogP contribution in [0.2, 0.25) is 0 Å². The summed E-state index contributed by atoms with van der Waals surface area (Å²) in [6.45, 7) is 0. The molecule has 0 amide bonds. The summed E-state index contributed by atoms with van der Waals surface area (Å²) < 4.78 is 6.79. The van der Waals surface area contributed by atoms with E-state index in [1.54, 1.807) is 11.8 Å². The average molecular weight is 415 g/mol. The van der Waals surface area contributed by atoms with Crippen LogP contribution in [0.1, 0.15) is 16.1 Å². The van der Waals surface area contributed by atoms with Gasteiger partial charge in [-0.15, -0.1) is 0 Å². The highest BCUT2D eigenvalue weighted by Crippen LogP contribution is 2.42. The van der Waals surface area contributed by atoms with E-state index in [9.17, 15) is 4.79 Å². The van der Waals surface area contributed by atoms with Crippen LogP contribution in [0.4, 0.5) is 0 Å². The Morgan fingerprint density at radius 1 is 1.04 bits per heavy atom. The fraction of sp³-hybridized carbons (Fsp3) is 0. The summed E-state index contributed by atoms with van der Waals surface area (Å²) in [6, 6.07) is 19.6. The predicted octanol–water partition coefficient (Wildman–Crippen LogP) is 6.52. The molecular formula is C19H11BrO2S2. The monoisotopic (exact) mass is 414 g/mol. The van der Waals surface area contributed by atoms with Crippen LogP contribution in [-0.4, -0.2) is 5.78 Å². The van der Waals surface area contributed by atoms with Crippen LogP contribution in [0, 0.1) is 0 Å². The third kappa shape index (κ3) is 3.11. The van der Waals surface area contributed by atoms with Gasteiger partial charge in [0.15, 0.2) is 5.09 Å². The maximum absolute atomic E-state index is 12.4. The van der Waals surface area contributed by atoms with E-state index < -0.39 is 0 Å². The van der Waals surface area contributed by atoms with E-state index in [1.807, 2.05) is 66.7 Å². The zero-order chi connectivity index (χ0) is 16.5. The summed E-state index contributed by atoms with van der Waals surface area (Å²) in [7, 11) is 0. The Morgan fingerprint density at radius 3 is 2.58 bits per heavy atom. The molecule has 0 radical (unpaired) electrons. The standard InChI is InChI=1S/C19H11BrO2S2/c20-15-10-12(22-19(15)23-13-6-2-1-3-7-13)11-17-18(21)14-8-4-5-9-16(14)24-17/h1-11H/b17-11+. The first kappa shape index (κ1) is 15.8. The van der Waals surface area contributed by atoms with Gasteiger partial charge in [0.1, 0.15) is 5.76 Å². The van der Waals surface area contributed by atoms with Gasteiger partial charge in [-0.2, -0.15) is 0 Å². The summed E-state index contributed by atoms with van der Waals surface area (Å²) in [5.41, 5.74) is 0.762. The molecule has 1 aromatic heterocycles.